The number of carbonyl (C=O) groups excluding carboxylic acids is 1. The molecule has 1 aromatic heterocycles. The molecule has 0 unspecified atom stereocenters. The van der Waals surface area contributed by atoms with Crippen LogP contribution >= 0.6 is 15.9 Å². The lowest BCUT2D eigenvalue weighted by molar-refractivity contribution is -0.125. The molecule has 108 valence electrons. The van der Waals surface area contributed by atoms with Crippen LogP contribution in [0.25, 0.3) is 0 Å². The van der Waals surface area contributed by atoms with Crippen LogP contribution in [-0.2, 0) is 16.9 Å². The number of halogens is 2. The second-order valence-corrected chi connectivity index (χ2v) is 6.54. The van der Waals surface area contributed by atoms with Crippen LogP contribution < -0.4 is 5.32 Å². The van der Waals surface area contributed by atoms with Crippen LogP contribution in [0.4, 0.5) is 4.39 Å². The van der Waals surface area contributed by atoms with E-state index in [1.165, 1.54) is 6.07 Å². The van der Waals surface area contributed by atoms with E-state index in [0.29, 0.717) is 5.56 Å². The van der Waals surface area contributed by atoms with Crippen molar-refractivity contribution in [2.24, 2.45) is 5.92 Å². The Morgan fingerprint density at radius 1 is 1.38 bits per heavy atom. The topological polar surface area (TPSA) is 46.9 Å². The first kappa shape index (κ1) is 13.0. The van der Waals surface area contributed by atoms with Gasteiger partial charge >= 0.3 is 0 Å². The monoisotopic (exact) mass is 349 g/mol. The van der Waals surface area contributed by atoms with Gasteiger partial charge in [-0.1, -0.05) is 15.9 Å². The number of aromatic nitrogens is 2. The number of carbonyl (C=O) groups is 1. The maximum absolute atomic E-state index is 14.5. The van der Waals surface area contributed by atoms with Crippen LogP contribution in [0.15, 0.2) is 34.9 Å². The maximum atomic E-state index is 14.5. The van der Waals surface area contributed by atoms with Gasteiger partial charge in [-0.15, -0.1) is 0 Å². The van der Waals surface area contributed by atoms with E-state index in [1.54, 1.807) is 23.0 Å². The van der Waals surface area contributed by atoms with E-state index in [2.05, 4.69) is 26.3 Å². The van der Waals surface area contributed by atoms with Crippen molar-refractivity contribution in [1.29, 1.82) is 0 Å². The van der Waals surface area contributed by atoms with Crippen molar-refractivity contribution in [3.05, 3.63) is 52.0 Å². The largest absolute Gasteiger partial charge is 0.339 e. The van der Waals surface area contributed by atoms with Crippen molar-refractivity contribution >= 4 is 21.8 Å². The fourth-order valence-corrected chi connectivity index (χ4v) is 3.67. The van der Waals surface area contributed by atoms with Crippen LogP contribution in [0.2, 0.25) is 0 Å². The van der Waals surface area contributed by atoms with Crippen LogP contribution in [0.1, 0.15) is 24.1 Å². The summed E-state index contributed by atoms with van der Waals surface area (Å²) in [5.74, 6) is -0.224. The Balaban J connectivity index is 2.01. The predicted octanol–water partition coefficient (Wildman–Crippen LogP) is 2.57. The first-order chi connectivity index (χ1) is 10.1. The molecule has 0 saturated heterocycles. The third-order valence-electron chi connectivity index (χ3n) is 4.29. The molecule has 4 nitrogen and oxygen atoms in total. The van der Waals surface area contributed by atoms with Gasteiger partial charge in [0.2, 0.25) is 5.91 Å². The van der Waals surface area contributed by atoms with Gasteiger partial charge in [-0.25, -0.2) is 4.39 Å². The summed E-state index contributed by atoms with van der Waals surface area (Å²) >= 11 is 3.40. The van der Waals surface area contributed by atoms with Gasteiger partial charge in [0, 0.05) is 16.2 Å². The number of rotatable bonds is 2. The molecule has 2 aromatic rings. The summed E-state index contributed by atoms with van der Waals surface area (Å²) in [6, 6.07) is 6.74. The van der Waals surface area contributed by atoms with Gasteiger partial charge in [0.1, 0.15) is 17.9 Å². The molecule has 21 heavy (non-hydrogen) atoms. The number of nitrogens with zero attached hydrogens (tertiary/aromatic N) is 2. The van der Waals surface area contributed by atoms with Gasteiger partial charge in [0.25, 0.3) is 0 Å². The summed E-state index contributed by atoms with van der Waals surface area (Å²) in [6.07, 6.45) is 3.61. The average molecular weight is 350 g/mol. The van der Waals surface area contributed by atoms with Crippen LogP contribution in [0.3, 0.4) is 0 Å². The molecule has 1 atom stereocenters. The zero-order valence-electron chi connectivity index (χ0n) is 11.1. The second kappa shape index (κ2) is 4.40. The quantitative estimate of drug-likeness (QED) is 0.905. The molecule has 1 aliphatic heterocycles. The molecular weight excluding hydrogens is 337 g/mol. The van der Waals surface area contributed by atoms with Crippen LogP contribution in [0, 0.1) is 11.7 Å². The summed E-state index contributed by atoms with van der Waals surface area (Å²) in [5, 5.41) is 7.27. The molecule has 0 spiro atoms. The van der Waals surface area contributed by atoms with E-state index in [9.17, 15) is 9.18 Å². The lowest BCUT2D eigenvalue weighted by Crippen LogP contribution is -2.55. The minimum absolute atomic E-state index is 0.127. The maximum Gasteiger partial charge on any atom is 0.242 e. The number of amides is 1. The molecular formula is C15H13BrFN3O. The highest BCUT2D eigenvalue weighted by atomic mass is 79.9. The second-order valence-electron chi connectivity index (χ2n) is 5.63. The standard InChI is InChI=1S/C15H13BrFN3O/c16-10-3-4-12(17)11(7-10)15(9-1-2-9)13-5-6-18-20(13)8-14(21)19-15/h3-7,9H,1-2,8H2,(H,19,21)/t15-/m1/s1. The molecule has 1 fully saturated rings. The molecule has 0 radical (unpaired) electrons. The van der Waals surface area contributed by atoms with Crippen molar-refractivity contribution in [2.45, 2.75) is 24.9 Å². The molecule has 4 rings (SSSR count). The molecule has 0 bridgehead atoms. The number of hydrogen-bond acceptors (Lipinski definition) is 2. The third kappa shape index (κ3) is 1.85. The highest BCUT2D eigenvalue weighted by Crippen LogP contribution is 2.51. The highest BCUT2D eigenvalue weighted by molar-refractivity contribution is 9.10. The SMILES string of the molecule is O=C1Cn2nccc2[C@](c2cc(Br)ccc2F)(C2CC2)N1. The number of nitrogens with one attached hydrogen (secondary N) is 1. The smallest absolute Gasteiger partial charge is 0.242 e. The fraction of sp³-hybridized carbons (Fsp3) is 0.333. The predicted molar refractivity (Wildman–Crippen MR) is 78.0 cm³/mol. The molecule has 6 heteroatoms. The van der Waals surface area contributed by atoms with Gasteiger partial charge in [-0.2, -0.15) is 5.10 Å². The Labute approximate surface area is 129 Å². The van der Waals surface area contributed by atoms with Gasteiger partial charge in [0.05, 0.1) is 5.69 Å². The fourth-order valence-electron chi connectivity index (χ4n) is 3.31. The van der Waals surface area contributed by atoms with Crippen LogP contribution in [-0.4, -0.2) is 15.7 Å². The summed E-state index contributed by atoms with van der Waals surface area (Å²) < 4.78 is 17.0. The molecule has 1 aromatic carbocycles. The van der Waals surface area contributed by atoms with Crippen molar-refractivity contribution in [2.75, 3.05) is 0 Å². The first-order valence-corrected chi connectivity index (χ1v) is 7.69. The summed E-state index contributed by atoms with van der Waals surface area (Å²) in [5.41, 5.74) is 0.565. The molecule has 1 N–H and O–H groups in total. The van der Waals surface area contributed by atoms with E-state index in [-0.39, 0.29) is 24.2 Å². The van der Waals surface area contributed by atoms with E-state index >= 15 is 0 Å². The van der Waals surface area contributed by atoms with Crippen molar-refractivity contribution < 1.29 is 9.18 Å². The lowest BCUT2D eigenvalue weighted by Gasteiger charge is -2.39. The zero-order chi connectivity index (χ0) is 14.6. The number of benzene rings is 1. The number of hydrogen-bond donors (Lipinski definition) is 1. The summed E-state index contributed by atoms with van der Waals surface area (Å²) in [7, 11) is 0. The van der Waals surface area contributed by atoms with E-state index in [0.717, 1.165) is 23.0 Å². The van der Waals surface area contributed by atoms with Crippen LogP contribution in [0.5, 0.6) is 0 Å². The van der Waals surface area contributed by atoms with Crippen molar-refractivity contribution in [3.63, 3.8) is 0 Å². The lowest BCUT2D eigenvalue weighted by atomic mass is 9.80. The molecule has 2 heterocycles. The minimum atomic E-state index is -0.806. The minimum Gasteiger partial charge on any atom is -0.339 e. The summed E-state index contributed by atoms with van der Waals surface area (Å²) in [4.78, 5) is 12.1. The molecule has 2 aliphatic rings. The normalized spacial score (nSPS) is 24.6. The Morgan fingerprint density at radius 3 is 2.95 bits per heavy atom. The van der Waals surface area contributed by atoms with Crippen molar-refractivity contribution in [1.82, 2.24) is 15.1 Å². The molecule has 1 amide bonds. The van der Waals surface area contributed by atoms with Gasteiger partial charge in [-0.3, -0.25) is 9.48 Å². The van der Waals surface area contributed by atoms with Gasteiger partial charge in [0.15, 0.2) is 0 Å². The molecule has 1 saturated carbocycles. The van der Waals surface area contributed by atoms with E-state index < -0.39 is 5.54 Å². The Hall–Kier alpha value is -1.69. The third-order valence-corrected chi connectivity index (χ3v) is 4.79. The Kier molecular flexibility index (Phi) is 2.73. The average Bonchev–Trinajstić information content (AvgIpc) is 3.20. The first-order valence-electron chi connectivity index (χ1n) is 6.90. The Bertz CT molecular complexity index is 740. The van der Waals surface area contributed by atoms with E-state index in [4.69, 9.17) is 0 Å². The zero-order valence-corrected chi connectivity index (χ0v) is 12.7. The Morgan fingerprint density at radius 2 is 2.19 bits per heavy atom. The van der Waals surface area contributed by atoms with E-state index in [1.807, 2.05) is 6.07 Å². The molecule has 1 aliphatic carbocycles. The number of fused-ring (bicyclic) bond motifs is 1. The summed E-state index contributed by atoms with van der Waals surface area (Å²) in [6.45, 7) is 0.187. The van der Waals surface area contributed by atoms with Gasteiger partial charge in [-0.05, 0) is 43.0 Å². The van der Waals surface area contributed by atoms with Crippen molar-refractivity contribution in [3.8, 4) is 0 Å². The highest BCUT2D eigenvalue weighted by Gasteiger charge is 2.53. The van der Waals surface area contributed by atoms with Gasteiger partial charge < -0.3 is 5.32 Å².